The summed E-state index contributed by atoms with van der Waals surface area (Å²) in [5, 5.41) is 0.871. The topological polar surface area (TPSA) is 88.9 Å². The second kappa shape index (κ2) is 11.2. The van der Waals surface area contributed by atoms with Gasteiger partial charge in [-0.25, -0.2) is 17.1 Å². The maximum absolute atomic E-state index is 15.0. The lowest BCUT2D eigenvalue weighted by atomic mass is 9.94. The molecule has 8 nitrogen and oxygen atoms in total. The van der Waals surface area contributed by atoms with E-state index in [-0.39, 0.29) is 11.4 Å². The Morgan fingerprint density at radius 3 is 1.98 bits per heavy atom. The molecule has 2 atom stereocenters. The van der Waals surface area contributed by atoms with Gasteiger partial charge in [0, 0.05) is 23.1 Å². The van der Waals surface area contributed by atoms with Gasteiger partial charge in [-0.2, -0.15) is 0 Å². The van der Waals surface area contributed by atoms with Crippen LogP contribution in [0.2, 0.25) is 10.0 Å². The van der Waals surface area contributed by atoms with Crippen molar-refractivity contribution in [3.8, 4) is 0 Å². The highest BCUT2D eigenvalue weighted by Gasteiger charge is 2.48. The van der Waals surface area contributed by atoms with E-state index in [1.807, 2.05) is 0 Å². The fraction of sp³-hybridized carbons (Fsp3) is 0.200. The van der Waals surface area contributed by atoms with Crippen molar-refractivity contribution >= 4 is 45.0 Å². The Morgan fingerprint density at radius 2 is 1.38 bits per heavy atom. The van der Waals surface area contributed by atoms with Crippen molar-refractivity contribution in [2.75, 3.05) is 30.6 Å². The number of morpholine rings is 1. The highest BCUT2D eigenvalue weighted by Crippen LogP contribution is 2.49. The molecule has 2 unspecified atom stereocenters. The zero-order valence-corrected chi connectivity index (χ0v) is 24.3. The molecule has 216 valence electrons. The van der Waals surface area contributed by atoms with Gasteiger partial charge in [0.15, 0.2) is 0 Å². The molecular formula is C30H24Cl2FN3O5S. The number of ether oxygens (including phenoxy) is 1. The summed E-state index contributed by atoms with van der Waals surface area (Å²) < 4.78 is 51.4. The summed E-state index contributed by atoms with van der Waals surface area (Å²) in [6.45, 7) is 1.33. The van der Waals surface area contributed by atoms with Gasteiger partial charge in [0.05, 0.1) is 25.3 Å². The highest BCUT2D eigenvalue weighted by atomic mass is 35.5. The Balaban J connectivity index is 1.63. The van der Waals surface area contributed by atoms with Gasteiger partial charge in [-0.05, 0) is 59.7 Å². The molecule has 3 heterocycles. The predicted molar refractivity (Wildman–Crippen MR) is 157 cm³/mol. The smallest absolute Gasteiger partial charge is 0.269 e. The number of sulfonamides is 1. The van der Waals surface area contributed by atoms with E-state index in [9.17, 15) is 18.0 Å². The van der Waals surface area contributed by atoms with E-state index in [0.717, 1.165) is 10.4 Å². The average molecular weight is 629 g/mol. The van der Waals surface area contributed by atoms with Crippen LogP contribution < -0.4 is 9.86 Å². The summed E-state index contributed by atoms with van der Waals surface area (Å²) in [6, 6.07) is 19.1. The predicted octanol–water partition coefficient (Wildman–Crippen LogP) is 5.31. The number of pyridine rings is 1. The van der Waals surface area contributed by atoms with Crippen LogP contribution in [-0.2, 0) is 14.8 Å². The van der Waals surface area contributed by atoms with E-state index in [4.69, 9.17) is 27.9 Å². The fourth-order valence-corrected chi connectivity index (χ4v) is 7.46. The monoisotopic (exact) mass is 627 g/mol. The van der Waals surface area contributed by atoms with Crippen LogP contribution >= 0.6 is 23.2 Å². The molecule has 0 aliphatic carbocycles. The minimum Gasteiger partial charge on any atom is -0.378 e. The summed E-state index contributed by atoms with van der Waals surface area (Å²) >= 11 is 12.4. The normalized spacial score (nSPS) is 18.6. The highest BCUT2D eigenvalue weighted by molar-refractivity contribution is 7.92. The number of nitrogens with zero attached hydrogens (tertiary/aromatic N) is 3. The molecule has 0 bridgehead atoms. The SMILES string of the molecule is O=C(c1ccc2n(c1=O)C(c1ccc(Cl)cc1)C(c1ccc(Cl)cc1)N2S(=O)(=O)c1ccccc1F)N1CCOCC1. The Morgan fingerprint density at radius 1 is 0.810 bits per heavy atom. The third kappa shape index (κ3) is 4.88. The second-order valence-corrected chi connectivity index (χ2v) is 12.6. The largest absolute Gasteiger partial charge is 0.378 e. The zero-order chi connectivity index (χ0) is 29.6. The summed E-state index contributed by atoms with van der Waals surface area (Å²) in [7, 11) is -4.58. The van der Waals surface area contributed by atoms with Crippen molar-refractivity contribution in [1.82, 2.24) is 9.47 Å². The number of carbonyl (C=O) groups excluding carboxylic acids is 1. The first-order chi connectivity index (χ1) is 20.2. The molecule has 1 aromatic heterocycles. The van der Waals surface area contributed by atoms with E-state index in [0.29, 0.717) is 47.5 Å². The van der Waals surface area contributed by atoms with E-state index in [1.165, 1.54) is 39.8 Å². The number of hydrogen-bond acceptors (Lipinski definition) is 5. The summed E-state index contributed by atoms with van der Waals surface area (Å²) in [5.74, 6) is -1.43. The maximum atomic E-state index is 15.0. The number of benzene rings is 3. The van der Waals surface area contributed by atoms with Crippen molar-refractivity contribution in [2.24, 2.45) is 0 Å². The van der Waals surface area contributed by atoms with Gasteiger partial charge in [0.25, 0.3) is 21.5 Å². The molecule has 3 aromatic carbocycles. The van der Waals surface area contributed by atoms with Crippen molar-refractivity contribution < 1.29 is 22.3 Å². The molecule has 0 saturated carbocycles. The zero-order valence-electron chi connectivity index (χ0n) is 22.0. The lowest BCUT2D eigenvalue weighted by Gasteiger charge is -2.29. The quantitative estimate of drug-likeness (QED) is 0.299. The average Bonchev–Trinajstić information content (AvgIpc) is 3.35. The Labute approximate surface area is 251 Å². The molecule has 6 rings (SSSR count). The first-order valence-corrected chi connectivity index (χ1v) is 15.3. The number of anilines is 1. The lowest BCUT2D eigenvalue weighted by Crippen LogP contribution is -2.43. The number of halogens is 3. The van der Waals surface area contributed by atoms with E-state index in [1.54, 1.807) is 48.5 Å². The minimum atomic E-state index is -4.58. The van der Waals surface area contributed by atoms with Crippen molar-refractivity contribution in [3.63, 3.8) is 0 Å². The third-order valence-electron chi connectivity index (χ3n) is 7.48. The van der Waals surface area contributed by atoms with Crippen molar-refractivity contribution in [2.45, 2.75) is 17.0 Å². The summed E-state index contributed by atoms with van der Waals surface area (Å²) in [5.41, 5.74) is 0.280. The molecule has 2 aliphatic rings. The second-order valence-electron chi connectivity index (χ2n) is 9.91. The van der Waals surface area contributed by atoms with Crippen LogP contribution in [0.3, 0.4) is 0 Å². The number of amides is 1. The van der Waals surface area contributed by atoms with Gasteiger partial charge < -0.3 is 9.64 Å². The number of hydrogen-bond donors (Lipinski definition) is 0. The van der Waals surface area contributed by atoms with Gasteiger partial charge in [-0.1, -0.05) is 59.6 Å². The molecule has 1 saturated heterocycles. The summed E-state index contributed by atoms with van der Waals surface area (Å²) in [4.78, 5) is 28.7. The first kappa shape index (κ1) is 28.4. The Hall–Kier alpha value is -3.70. The van der Waals surface area contributed by atoms with Crippen molar-refractivity contribution in [1.29, 1.82) is 0 Å². The molecule has 1 amide bonds. The molecule has 0 spiro atoms. The van der Waals surface area contributed by atoms with Crippen LogP contribution in [0.5, 0.6) is 0 Å². The van der Waals surface area contributed by atoms with Crippen LogP contribution in [0.1, 0.15) is 33.6 Å². The van der Waals surface area contributed by atoms with E-state index >= 15 is 4.39 Å². The fourth-order valence-electron chi connectivity index (χ4n) is 5.50. The molecule has 1 fully saturated rings. The van der Waals surface area contributed by atoms with Gasteiger partial charge >= 0.3 is 0 Å². The number of fused-ring (bicyclic) bond motifs is 1. The van der Waals surface area contributed by atoms with Crippen LogP contribution in [-0.4, -0.2) is 50.1 Å². The molecular weight excluding hydrogens is 604 g/mol. The maximum Gasteiger partial charge on any atom is 0.269 e. The minimum absolute atomic E-state index is 0.0123. The molecule has 0 radical (unpaired) electrons. The molecule has 2 aliphatic heterocycles. The third-order valence-corrected chi connectivity index (χ3v) is 9.80. The van der Waals surface area contributed by atoms with Crippen LogP contribution in [0.4, 0.5) is 10.2 Å². The van der Waals surface area contributed by atoms with Crippen molar-refractivity contribution in [3.05, 3.63) is 128 Å². The van der Waals surface area contributed by atoms with Crippen LogP contribution in [0.15, 0.2) is 94.6 Å². The van der Waals surface area contributed by atoms with E-state index in [2.05, 4.69) is 0 Å². The summed E-state index contributed by atoms with van der Waals surface area (Å²) in [6.07, 6.45) is 0. The van der Waals surface area contributed by atoms with Gasteiger partial charge in [-0.15, -0.1) is 0 Å². The van der Waals surface area contributed by atoms with Gasteiger partial charge in [-0.3, -0.25) is 14.2 Å². The molecule has 42 heavy (non-hydrogen) atoms. The lowest BCUT2D eigenvalue weighted by molar-refractivity contribution is 0.0301. The standard InChI is InChI=1S/C30H24Cl2FN3O5S/c31-21-9-5-19(6-10-21)27-28(20-7-11-22(32)12-8-20)36(42(39,40)25-4-2-1-3-24(25)33)26-14-13-23(30(38)35(26)27)29(37)34-15-17-41-18-16-34/h1-14,27-28H,15-18H2. The van der Waals surface area contributed by atoms with Gasteiger partial charge in [0.1, 0.15) is 22.1 Å². The van der Waals surface area contributed by atoms with E-state index < -0.39 is 44.3 Å². The molecule has 0 N–H and O–H groups in total. The number of aromatic nitrogens is 1. The Bertz CT molecular complexity index is 1830. The Kier molecular flexibility index (Phi) is 7.57. The molecule has 12 heteroatoms. The first-order valence-electron chi connectivity index (χ1n) is 13.1. The van der Waals surface area contributed by atoms with Crippen LogP contribution in [0.25, 0.3) is 0 Å². The molecule has 4 aromatic rings. The van der Waals surface area contributed by atoms with Crippen LogP contribution in [0, 0.1) is 5.82 Å². The number of carbonyl (C=O) groups is 1. The number of rotatable bonds is 5. The van der Waals surface area contributed by atoms with Gasteiger partial charge in [0.2, 0.25) is 0 Å².